The van der Waals surface area contributed by atoms with Gasteiger partial charge < -0.3 is 0 Å². The van der Waals surface area contributed by atoms with E-state index in [1.54, 1.807) is 11.3 Å². The molecule has 1 unspecified atom stereocenters. The van der Waals surface area contributed by atoms with Crippen molar-refractivity contribution in [3.05, 3.63) is 57.8 Å². The molecule has 1 nitrogen and oxygen atoms in total. The molecule has 0 amide bonds. The molecule has 0 spiro atoms. The smallest absolute Gasteiger partial charge is 0.170 e. The molecule has 0 fully saturated rings. The van der Waals surface area contributed by atoms with Crippen molar-refractivity contribution in [2.75, 3.05) is 0 Å². The molecule has 15 heavy (non-hydrogen) atoms. The minimum atomic E-state index is 0.0636. The van der Waals surface area contributed by atoms with Gasteiger partial charge in [0.1, 0.15) is 0 Å². The van der Waals surface area contributed by atoms with Crippen molar-refractivity contribution in [3.8, 4) is 0 Å². The lowest BCUT2D eigenvalue weighted by molar-refractivity contribution is 0.0973. The van der Waals surface area contributed by atoms with Crippen LogP contribution >= 0.6 is 11.3 Å². The van der Waals surface area contributed by atoms with Crippen molar-refractivity contribution in [1.82, 2.24) is 0 Å². The Morgan fingerprint density at radius 3 is 2.80 bits per heavy atom. The predicted molar refractivity (Wildman–Crippen MR) is 61.5 cm³/mol. The molecule has 0 aliphatic heterocycles. The fourth-order valence-corrected chi connectivity index (χ4v) is 2.90. The zero-order chi connectivity index (χ0) is 10.3. The molecule has 74 valence electrons. The van der Waals surface area contributed by atoms with Crippen LogP contribution in [0.25, 0.3) is 0 Å². The number of hydrogen-bond acceptors (Lipinski definition) is 2. The molecule has 0 saturated carbocycles. The number of fused-ring (bicyclic) bond motifs is 1. The molecule has 0 bridgehead atoms. The standard InChI is InChI=1S/C13H10OS/c14-13-11-4-2-1-3-9(11)7-12(13)10-5-6-15-8-10/h1-6,8,12H,7H2. The van der Waals surface area contributed by atoms with E-state index >= 15 is 0 Å². The van der Waals surface area contributed by atoms with Crippen LogP contribution in [0.1, 0.15) is 27.4 Å². The van der Waals surface area contributed by atoms with Gasteiger partial charge in [0.25, 0.3) is 0 Å². The number of ketones is 1. The zero-order valence-corrected chi connectivity index (χ0v) is 8.96. The van der Waals surface area contributed by atoms with Gasteiger partial charge in [-0.05, 0) is 34.4 Å². The first-order chi connectivity index (χ1) is 7.36. The number of carbonyl (C=O) groups is 1. The largest absolute Gasteiger partial charge is 0.293 e. The van der Waals surface area contributed by atoms with E-state index < -0.39 is 0 Å². The van der Waals surface area contributed by atoms with E-state index in [1.807, 2.05) is 23.6 Å². The van der Waals surface area contributed by atoms with Gasteiger partial charge in [-0.2, -0.15) is 11.3 Å². The zero-order valence-electron chi connectivity index (χ0n) is 8.14. The van der Waals surface area contributed by atoms with Gasteiger partial charge in [-0.3, -0.25) is 4.79 Å². The van der Waals surface area contributed by atoms with Crippen LogP contribution < -0.4 is 0 Å². The normalized spacial score (nSPS) is 19.2. The summed E-state index contributed by atoms with van der Waals surface area (Å²) in [6.45, 7) is 0. The van der Waals surface area contributed by atoms with Gasteiger partial charge in [0.15, 0.2) is 5.78 Å². The van der Waals surface area contributed by atoms with Gasteiger partial charge in [-0.15, -0.1) is 0 Å². The Morgan fingerprint density at radius 2 is 2.07 bits per heavy atom. The van der Waals surface area contributed by atoms with E-state index in [4.69, 9.17) is 0 Å². The first kappa shape index (κ1) is 8.86. The summed E-state index contributed by atoms with van der Waals surface area (Å²) in [6, 6.07) is 9.98. The van der Waals surface area contributed by atoms with Crippen LogP contribution in [-0.2, 0) is 6.42 Å². The first-order valence-corrected chi connectivity index (χ1v) is 5.95. The van der Waals surface area contributed by atoms with Crippen LogP contribution in [0.3, 0.4) is 0 Å². The van der Waals surface area contributed by atoms with Crippen molar-refractivity contribution in [1.29, 1.82) is 0 Å². The highest BCUT2D eigenvalue weighted by Gasteiger charge is 2.31. The summed E-state index contributed by atoms with van der Waals surface area (Å²) in [6.07, 6.45) is 0.867. The maximum atomic E-state index is 12.1. The van der Waals surface area contributed by atoms with Crippen LogP contribution in [0.5, 0.6) is 0 Å². The monoisotopic (exact) mass is 214 g/mol. The van der Waals surface area contributed by atoms with Gasteiger partial charge in [0, 0.05) is 5.56 Å². The number of carbonyl (C=O) groups excluding carboxylic acids is 1. The Bertz CT molecular complexity index is 499. The Morgan fingerprint density at radius 1 is 1.20 bits per heavy atom. The highest BCUT2D eigenvalue weighted by Crippen LogP contribution is 2.34. The molecule has 1 heterocycles. The van der Waals surface area contributed by atoms with Crippen molar-refractivity contribution < 1.29 is 4.79 Å². The maximum Gasteiger partial charge on any atom is 0.170 e. The minimum Gasteiger partial charge on any atom is -0.293 e. The van der Waals surface area contributed by atoms with E-state index in [0.717, 1.165) is 12.0 Å². The Labute approximate surface area is 92.4 Å². The summed E-state index contributed by atoms with van der Waals surface area (Å²) in [5.74, 6) is 0.345. The third-order valence-electron chi connectivity index (χ3n) is 2.97. The molecule has 1 atom stereocenters. The van der Waals surface area contributed by atoms with E-state index in [0.29, 0.717) is 0 Å². The number of thiophene rings is 1. The molecule has 1 aromatic heterocycles. The molecule has 0 N–H and O–H groups in total. The molecule has 0 saturated heterocycles. The van der Waals surface area contributed by atoms with Crippen molar-refractivity contribution in [2.45, 2.75) is 12.3 Å². The second kappa shape index (κ2) is 3.31. The summed E-state index contributed by atoms with van der Waals surface area (Å²) >= 11 is 1.65. The fourth-order valence-electron chi connectivity index (χ4n) is 2.18. The van der Waals surface area contributed by atoms with Crippen LogP contribution in [0.15, 0.2) is 41.1 Å². The Balaban J connectivity index is 2.04. The maximum absolute atomic E-state index is 12.1. The highest BCUT2D eigenvalue weighted by atomic mass is 32.1. The number of Topliss-reactive ketones (excluding diaryl/α,β-unsaturated/α-hetero) is 1. The lowest BCUT2D eigenvalue weighted by Crippen LogP contribution is -2.05. The quantitative estimate of drug-likeness (QED) is 0.712. The predicted octanol–water partition coefficient (Wildman–Crippen LogP) is 3.27. The summed E-state index contributed by atoms with van der Waals surface area (Å²) in [5.41, 5.74) is 3.27. The Kier molecular flexibility index (Phi) is 1.96. The second-order valence-corrected chi connectivity index (χ2v) is 4.61. The summed E-state index contributed by atoms with van der Waals surface area (Å²) < 4.78 is 0. The number of rotatable bonds is 1. The molecule has 1 aliphatic rings. The average molecular weight is 214 g/mol. The van der Waals surface area contributed by atoms with E-state index in [1.165, 1.54) is 11.1 Å². The van der Waals surface area contributed by atoms with Gasteiger partial charge >= 0.3 is 0 Å². The fraction of sp³-hybridized carbons (Fsp3) is 0.154. The summed E-state index contributed by atoms with van der Waals surface area (Å²) in [4.78, 5) is 12.1. The van der Waals surface area contributed by atoms with Crippen LogP contribution in [0.2, 0.25) is 0 Å². The molecule has 2 aromatic rings. The second-order valence-electron chi connectivity index (χ2n) is 3.83. The summed E-state index contributed by atoms with van der Waals surface area (Å²) in [5, 5.41) is 4.11. The van der Waals surface area contributed by atoms with Crippen molar-refractivity contribution >= 4 is 17.1 Å². The van der Waals surface area contributed by atoms with Crippen LogP contribution in [-0.4, -0.2) is 5.78 Å². The van der Waals surface area contributed by atoms with Gasteiger partial charge in [0.2, 0.25) is 0 Å². The van der Waals surface area contributed by atoms with Gasteiger partial charge in [0.05, 0.1) is 5.92 Å². The molecule has 1 aliphatic carbocycles. The minimum absolute atomic E-state index is 0.0636. The molecular formula is C13H10OS. The van der Waals surface area contributed by atoms with Gasteiger partial charge in [-0.1, -0.05) is 24.3 Å². The van der Waals surface area contributed by atoms with E-state index in [2.05, 4.69) is 17.5 Å². The molecular weight excluding hydrogens is 204 g/mol. The van der Waals surface area contributed by atoms with Crippen LogP contribution in [0, 0.1) is 0 Å². The van der Waals surface area contributed by atoms with Gasteiger partial charge in [-0.25, -0.2) is 0 Å². The van der Waals surface area contributed by atoms with Crippen LogP contribution in [0.4, 0.5) is 0 Å². The Hall–Kier alpha value is -1.41. The average Bonchev–Trinajstić information content (AvgIpc) is 2.87. The topological polar surface area (TPSA) is 17.1 Å². The molecule has 3 rings (SSSR count). The van der Waals surface area contributed by atoms with Crippen molar-refractivity contribution in [3.63, 3.8) is 0 Å². The van der Waals surface area contributed by atoms with E-state index in [9.17, 15) is 4.79 Å². The molecule has 0 radical (unpaired) electrons. The molecule has 1 aromatic carbocycles. The highest BCUT2D eigenvalue weighted by molar-refractivity contribution is 7.08. The number of hydrogen-bond donors (Lipinski definition) is 0. The molecule has 2 heteroatoms. The van der Waals surface area contributed by atoms with Crippen molar-refractivity contribution in [2.24, 2.45) is 0 Å². The summed E-state index contributed by atoms with van der Waals surface area (Å²) in [7, 11) is 0. The third-order valence-corrected chi connectivity index (χ3v) is 3.67. The lowest BCUT2D eigenvalue weighted by atomic mass is 9.98. The first-order valence-electron chi connectivity index (χ1n) is 5.00. The SMILES string of the molecule is O=C1c2ccccc2CC1c1ccsc1. The number of benzene rings is 1. The van der Waals surface area contributed by atoms with E-state index in [-0.39, 0.29) is 11.7 Å². The lowest BCUT2D eigenvalue weighted by Gasteiger charge is -2.03. The third kappa shape index (κ3) is 1.33.